The van der Waals surface area contributed by atoms with Crippen LogP contribution in [0.3, 0.4) is 0 Å². The molecule has 0 atom stereocenters. The Morgan fingerprint density at radius 2 is 1.54 bits per heavy atom. The van der Waals surface area contributed by atoms with Gasteiger partial charge < -0.3 is 5.32 Å². The summed E-state index contributed by atoms with van der Waals surface area (Å²) in [6.45, 7) is 2.04. The molecule has 5 rings (SSSR count). The van der Waals surface area contributed by atoms with Crippen LogP contribution in [-0.2, 0) is 5.41 Å². The van der Waals surface area contributed by atoms with Gasteiger partial charge in [-0.1, -0.05) is 48.0 Å². The SMILES string of the molecule is Clc1ccc(C2(c3ccc(-c4ncnc5ccsc45)cc3)CCNCC2)cc1. The molecule has 1 saturated heterocycles. The zero-order valence-electron chi connectivity index (χ0n) is 15.4. The predicted molar refractivity (Wildman–Crippen MR) is 117 cm³/mol. The largest absolute Gasteiger partial charge is 0.317 e. The van der Waals surface area contributed by atoms with Gasteiger partial charge in [-0.3, -0.25) is 0 Å². The van der Waals surface area contributed by atoms with Crippen LogP contribution in [0.2, 0.25) is 5.02 Å². The molecule has 1 aliphatic heterocycles. The second-order valence-electron chi connectivity index (χ2n) is 7.27. The fraction of sp³-hybridized carbons (Fsp3) is 0.217. The standard InChI is InChI=1S/C23H20ClN3S/c24-19-7-5-18(6-8-19)23(10-12-25-13-11-23)17-3-1-16(2-4-17)21-22-20(9-14-28-22)26-15-27-21/h1-9,14-15,25H,10-13H2. The van der Waals surface area contributed by atoms with Crippen molar-refractivity contribution < 1.29 is 0 Å². The lowest BCUT2D eigenvalue weighted by Gasteiger charge is -2.39. The Bertz CT molecular complexity index is 1100. The number of aromatic nitrogens is 2. The van der Waals surface area contributed by atoms with Crippen molar-refractivity contribution in [3.63, 3.8) is 0 Å². The second kappa shape index (κ2) is 7.28. The molecule has 3 heterocycles. The summed E-state index contributed by atoms with van der Waals surface area (Å²) in [6, 6.07) is 19.4. The third kappa shape index (κ3) is 3.02. The van der Waals surface area contributed by atoms with E-state index >= 15 is 0 Å². The highest BCUT2D eigenvalue weighted by Crippen LogP contribution is 2.41. The molecule has 2 aromatic heterocycles. The Hall–Kier alpha value is -2.27. The molecule has 1 fully saturated rings. The number of fused-ring (bicyclic) bond motifs is 1. The maximum absolute atomic E-state index is 6.15. The van der Waals surface area contributed by atoms with Gasteiger partial charge in [-0.15, -0.1) is 11.3 Å². The predicted octanol–water partition coefficient (Wildman–Crippen LogP) is 5.68. The average Bonchev–Trinajstić information content (AvgIpc) is 3.24. The summed E-state index contributed by atoms with van der Waals surface area (Å²) in [7, 11) is 0. The summed E-state index contributed by atoms with van der Waals surface area (Å²) in [5.41, 5.74) is 5.88. The van der Waals surface area contributed by atoms with Crippen molar-refractivity contribution in [3.8, 4) is 11.3 Å². The minimum absolute atomic E-state index is 0.0261. The Morgan fingerprint density at radius 3 is 2.25 bits per heavy atom. The number of piperidine rings is 1. The third-order valence-electron chi connectivity index (χ3n) is 5.81. The van der Waals surface area contributed by atoms with Crippen molar-refractivity contribution in [2.24, 2.45) is 0 Å². The molecule has 0 spiro atoms. The van der Waals surface area contributed by atoms with Gasteiger partial charge in [-0.05, 0) is 60.6 Å². The second-order valence-corrected chi connectivity index (χ2v) is 8.63. The smallest absolute Gasteiger partial charge is 0.116 e. The maximum Gasteiger partial charge on any atom is 0.116 e. The summed E-state index contributed by atoms with van der Waals surface area (Å²) in [5, 5.41) is 6.36. The van der Waals surface area contributed by atoms with E-state index in [1.54, 1.807) is 17.7 Å². The van der Waals surface area contributed by atoms with Gasteiger partial charge in [0.25, 0.3) is 0 Å². The number of benzene rings is 2. The molecule has 2 aromatic carbocycles. The number of nitrogens with one attached hydrogen (secondary N) is 1. The van der Waals surface area contributed by atoms with Crippen LogP contribution in [0, 0.1) is 0 Å². The normalized spacial score (nSPS) is 16.3. The van der Waals surface area contributed by atoms with Crippen molar-refractivity contribution in [3.05, 3.63) is 82.5 Å². The van der Waals surface area contributed by atoms with E-state index in [1.807, 2.05) is 18.2 Å². The molecule has 0 saturated carbocycles. The van der Waals surface area contributed by atoms with Gasteiger partial charge in [0.15, 0.2) is 0 Å². The summed E-state index contributed by atoms with van der Waals surface area (Å²) in [6.07, 6.45) is 3.81. The first-order valence-corrected chi connectivity index (χ1v) is 10.8. The van der Waals surface area contributed by atoms with E-state index in [2.05, 4.69) is 57.1 Å². The van der Waals surface area contributed by atoms with Gasteiger partial charge in [0, 0.05) is 16.0 Å². The number of nitrogens with zero attached hydrogens (tertiary/aromatic N) is 2. The van der Waals surface area contributed by atoms with Gasteiger partial charge in [0.05, 0.1) is 15.9 Å². The van der Waals surface area contributed by atoms with Crippen LogP contribution in [-0.4, -0.2) is 23.1 Å². The van der Waals surface area contributed by atoms with Gasteiger partial charge >= 0.3 is 0 Å². The number of hydrogen-bond donors (Lipinski definition) is 1. The van der Waals surface area contributed by atoms with Gasteiger partial charge in [0.1, 0.15) is 6.33 Å². The molecule has 0 bridgehead atoms. The average molecular weight is 406 g/mol. The highest BCUT2D eigenvalue weighted by molar-refractivity contribution is 7.17. The van der Waals surface area contributed by atoms with E-state index in [9.17, 15) is 0 Å². The zero-order valence-corrected chi connectivity index (χ0v) is 16.9. The molecule has 1 N–H and O–H groups in total. The Kier molecular flexibility index (Phi) is 4.63. The fourth-order valence-corrected chi connectivity index (χ4v) is 5.29. The van der Waals surface area contributed by atoms with Gasteiger partial charge in [-0.2, -0.15) is 0 Å². The highest BCUT2D eigenvalue weighted by atomic mass is 35.5. The van der Waals surface area contributed by atoms with E-state index in [-0.39, 0.29) is 5.41 Å². The van der Waals surface area contributed by atoms with Crippen molar-refractivity contribution in [1.29, 1.82) is 0 Å². The zero-order chi connectivity index (χ0) is 19.0. The summed E-state index contributed by atoms with van der Waals surface area (Å²) < 4.78 is 1.14. The first-order valence-electron chi connectivity index (χ1n) is 9.52. The minimum atomic E-state index is 0.0261. The molecular weight excluding hydrogens is 386 g/mol. The lowest BCUT2D eigenvalue weighted by Crippen LogP contribution is -2.40. The number of thiophene rings is 1. The van der Waals surface area contributed by atoms with E-state index in [1.165, 1.54) is 11.1 Å². The molecule has 4 aromatic rings. The van der Waals surface area contributed by atoms with Gasteiger partial charge in [-0.25, -0.2) is 9.97 Å². The Labute approximate surface area is 173 Å². The summed E-state index contributed by atoms with van der Waals surface area (Å²) >= 11 is 7.84. The molecule has 0 amide bonds. The van der Waals surface area contributed by atoms with E-state index in [0.29, 0.717) is 0 Å². The molecule has 0 radical (unpaired) electrons. The van der Waals surface area contributed by atoms with E-state index < -0.39 is 0 Å². The molecule has 0 unspecified atom stereocenters. The quantitative estimate of drug-likeness (QED) is 0.476. The molecule has 140 valence electrons. The monoisotopic (exact) mass is 405 g/mol. The first-order chi connectivity index (χ1) is 13.8. The van der Waals surface area contributed by atoms with Crippen LogP contribution in [0.1, 0.15) is 24.0 Å². The molecule has 1 aliphatic rings. The van der Waals surface area contributed by atoms with Crippen molar-refractivity contribution in [1.82, 2.24) is 15.3 Å². The highest BCUT2D eigenvalue weighted by Gasteiger charge is 2.35. The topological polar surface area (TPSA) is 37.8 Å². The number of rotatable bonds is 3. The van der Waals surface area contributed by atoms with Crippen molar-refractivity contribution in [2.45, 2.75) is 18.3 Å². The maximum atomic E-state index is 6.15. The van der Waals surface area contributed by atoms with Crippen LogP contribution >= 0.6 is 22.9 Å². The fourth-order valence-electron chi connectivity index (χ4n) is 4.31. The van der Waals surface area contributed by atoms with Crippen LogP contribution < -0.4 is 5.32 Å². The number of halogens is 1. The number of hydrogen-bond acceptors (Lipinski definition) is 4. The summed E-state index contributed by atoms with van der Waals surface area (Å²) in [5.74, 6) is 0. The lowest BCUT2D eigenvalue weighted by molar-refractivity contribution is 0.362. The van der Waals surface area contributed by atoms with E-state index in [4.69, 9.17) is 11.6 Å². The van der Waals surface area contributed by atoms with Crippen LogP contribution in [0.25, 0.3) is 21.5 Å². The third-order valence-corrected chi connectivity index (χ3v) is 6.97. The van der Waals surface area contributed by atoms with Crippen molar-refractivity contribution >= 4 is 33.2 Å². The molecule has 28 heavy (non-hydrogen) atoms. The summed E-state index contributed by atoms with van der Waals surface area (Å²) in [4.78, 5) is 8.91. The lowest BCUT2D eigenvalue weighted by atomic mass is 9.68. The molecule has 3 nitrogen and oxygen atoms in total. The van der Waals surface area contributed by atoms with Crippen LogP contribution in [0.4, 0.5) is 0 Å². The van der Waals surface area contributed by atoms with Crippen LogP contribution in [0.5, 0.6) is 0 Å². The van der Waals surface area contributed by atoms with Gasteiger partial charge in [0.2, 0.25) is 0 Å². The van der Waals surface area contributed by atoms with E-state index in [0.717, 1.165) is 52.4 Å². The molecule has 5 heteroatoms. The Morgan fingerprint density at radius 1 is 0.857 bits per heavy atom. The first kappa shape index (κ1) is 17.8. The molecule has 0 aliphatic carbocycles. The van der Waals surface area contributed by atoms with Crippen LogP contribution in [0.15, 0.2) is 66.3 Å². The minimum Gasteiger partial charge on any atom is -0.317 e. The Balaban J connectivity index is 1.57. The van der Waals surface area contributed by atoms with Crippen molar-refractivity contribution in [2.75, 3.05) is 13.1 Å². The molecular formula is C23H20ClN3S.